The minimum Gasteiger partial charge on any atom is -0.493 e. The van der Waals surface area contributed by atoms with Crippen LogP contribution in [0.2, 0.25) is 0 Å². The predicted molar refractivity (Wildman–Crippen MR) is 117 cm³/mol. The molecule has 4 rings (SSSR count). The smallest absolute Gasteiger partial charge is 0.257 e. The maximum Gasteiger partial charge on any atom is 0.257 e. The van der Waals surface area contributed by atoms with Crippen LogP contribution < -0.4 is 14.4 Å². The van der Waals surface area contributed by atoms with Crippen molar-refractivity contribution in [2.75, 3.05) is 45.3 Å². The number of anilines is 1. The van der Waals surface area contributed by atoms with E-state index in [0.29, 0.717) is 30.2 Å². The molecule has 0 spiro atoms. The molecule has 0 aliphatic carbocycles. The maximum atomic E-state index is 13.1. The number of benzene rings is 2. The highest BCUT2D eigenvalue weighted by Crippen LogP contribution is 2.34. The van der Waals surface area contributed by atoms with Crippen molar-refractivity contribution < 1.29 is 14.3 Å². The molecule has 1 aromatic heterocycles. The number of aryl methyl sites for hydroxylation is 2. The van der Waals surface area contributed by atoms with Crippen molar-refractivity contribution in [3.63, 3.8) is 0 Å². The summed E-state index contributed by atoms with van der Waals surface area (Å²) in [5.74, 6) is 1.02. The summed E-state index contributed by atoms with van der Waals surface area (Å²) in [6, 6.07) is 9.76. The molecule has 1 saturated heterocycles. The van der Waals surface area contributed by atoms with E-state index in [0.717, 1.165) is 23.7 Å². The predicted octanol–water partition coefficient (Wildman–Crippen LogP) is 3.89. The molecule has 2 heterocycles. The van der Waals surface area contributed by atoms with Gasteiger partial charge < -0.3 is 19.3 Å². The number of hydrogen-bond donors (Lipinski definition) is 0. The monoisotopic (exact) mass is 411 g/mol. The number of hydrogen-bond acceptors (Lipinski definition) is 6. The number of methoxy groups -OCH3 is 2. The van der Waals surface area contributed by atoms with Gasteiger partial charge in [0.05, 0.1) is 30.0 Å². The fraction of sp³-hybridized carbons (Fsp3) is 0.364. The van der Waals surface area contributed by atoms with Gasteiger partial charge in [-0.2, -0.15) is 0 Å². The van der Waals surface area contributed by atoms with Crippen LogP contribution in [0.4, 0.5) is 5.13 Å². The Morgan fingerprint density at radius 1 is 1.07 bits per heavy atom. The number of rotatable bonds is 4. The van der Waals surface area contributed by atoms with Crippen LogP contribution in [0.25, 0.3) is 10.2 Å². The lowest BCUT2D eigenvalue weighted by Crippen LogP contribution is -2.48. The Morgan fingerprint density at radius 2 is 1.83 bits per heavy atom. The molecule has 0 atom stereocenters. The van der Waals surface area contributed by atoms with E-state index >= 15 is 0 Å². The summed E-state index contributed by atoms with van der Waals surface area (Å²) < 4.78 is 12.0. The third-order valence-electron chi connectivity index (χ3n) is 5.29. The average Bonchev–Trinajstić information content (AvgIpc) is 3.17. The molecule has 7 heteroatoms. The Labute approximate surface area is 174 Å². The highest BCUT2D eigenvalue weighted by molar-refractivity contribution is 7.22. The maximum absolute atomic E-state index is 13.1. The Hall–Kier alpha value is -2.80. The minimum atomic E-state index is -0.0313. The van der Waals surface area contributed by atoms with Crippen molar-refractivity contribution in [3.8, 4) is 11.5 Å². The molecule has 1 amide bonds. The standard InChI is InChI=1S/C22H25N3O3S/c1-14-12-15(2)19-18(13-14)29-22(23-19)25-10-8-24(9-11-25)21(26)16-6-5-7-17(27-3)20(16)28-4/h5-7,12-13H,8-11H2,1-4H3. The molecule has 1 fully saturated rings. The van der Waals surface area contributed by atoms with Crippen LogP contribution in [-0.2, 0) is 0 Å². The van der Waals surface area contributed by atoms with Gasteiger partial charge in [-0.15, -0.1) is 0 Å². The van der Waals surface area contributed by atoms with Gasteiger partial charge in [0, 0.05) is 26.2 Å². The number of carbonyl (C=O) groups is 1. The Balaban J connectivity index is 1.50. The van der Waals surface area contributed by atoms with Crippen molar-refractivity contribution in [2.45, 2.75) is 13.8 Å². The number of carbonyl (C=O) groups excluding carboxylic acids is 1. The zero-order chi connectivity index (χ0) is 20.5. The van der Waals surface area contributed by atoms with Crippen LogP contribution in [0.5, 0.6) is 11.5 Å². The molecular weight excluding hydrogens is 386 g/mol. The molecule has 1 aliphatic heterocycles. The van der Waals surface area contributed by atoms with Crippen LogP contribution in [0, 0.1) is 13.8 Å². The number of para-hydroxylation sites is 1. The van der Waals surface area contributed by atoms with Crippen molar-refractivity contribution >= 4 is 32.6 Å². The minimum absolute atomic E-state index is 0.0313. The first-order valence-electron chi connectivity index (χ1n) is 9.65. The number of thiazole rings is 1. The summed E-state index contributed by atoms with van der Waals surface area (Å²) in [4.78, 5) is 22.1. The van der Waals surface area contributed by atoms with Gasteiger partial charge in [-0.3, -0.25) is 4.79 Å². The van der Waals surface area contributed by atoms with Crippen LogP contribution in [0.3, 0.4) is 0 Å². The first-order valence-corrected chi connectivity index (χ1v) is 10.5. The fourth-order valence-electron chi connectivity index (χ4n) is 3.82. The van der Waals surface area contributed by atoms with Crippen molar-refractivity contribution in [1.82, 2.24) is 9.88 Å². The molecule has 0 bridgehead atoms. The molecular formula is C22H25N3O3S. The lowest BCUT2D eigenvalue weighted by atomic mass is 10.1. The molecule has 2 aromatic carbocycles. The molecule has 152 valence electrons. The van der Waals surface area contributed by atoms with Gasteiger partial charge in [0.1, 0.15) is 0 Å². The van der Waals surface area contributed by atoms with E-state index in [-0.39, 0.29) is 5.91 Å². The Morgan fingerprint density at radius 3 is 2.52 bits per heavy atom. The van der Waals surface area contributed by atoms with E-state index in [4.69, 9.17) is 14.5 Å². The number of piperazine rings is 1. The summed E-state index contributed by atoms with van der Waals surface area (Å²) in [6.45, 7) is 7.03. The first-order chi connectivity index (χ1) is 14.0. The van der Waals surface area contributed by atoms with Crippen LogP contribution >= 0.6 is 11.3 Å². The zero-order valence-corrected chi connectivity index (χ0v) is 18.0. The summed E-state index contributed by atoms with van der Waals surface area (Å²) in [6.07, 6.45) is 0. The normalized spacial score (nSPS) is 14.3. The van der Waals surface area contributed by atoms with Gasteiger partial charge in [-0.1, -0.05) is 23.5 Å². The third kappa shape index (κ3) is 3.62. The number of nitrogens with zero attached hydrogens (tertiary/aromatic N) is 3. The molecule has 0 N–H and O–H groups in total. The van der Waals surface area contributed by atoms with Crippen LogP contribution in [-0.4, -0.2) is 56.2 Å². The zero-order valence-electron chi connectivity index (χ0n) is 17.2. The van der Waals surface area contributed by atoms with Crippen molar-refractivity contribution in [1.29, 1.82) is 0 Å². The number of ether oxygens (including phenoxy) is 2. The lowest BCUT2D eigenvalue weighted by molar-refractivity contribution is 0.0742. The quantitative estimate of drug-likeness (QED) is 0.652. The third-order valence-corrected chi connectivity index (χ3v) is 6.35. The number of aromatic nitrogens is 1. The summed E-state index contributed by atoms with van der Waals surface area (Å²) in [7, 11) is 3.13. The Kier molecular flexibility index (Phi) is 5.32. The van der Waals surface area contributed by atoms with E-state index in [9.17, 15) is 4.79 Å². The largest absolute Gasteiger partial charge is 0.493 e. The Bertz CT molecular complexity index is 1050. The number of amides is 1. The SMILES string of the molecule is COc1cccc(C(=O)N2CCN(c3nc4c(C)cc(C)cc4s3)CC2)c1OC. The second-order valence-electron chi connectivity index (χ2n) is 7.25. The first kappa shape index (κ1) is 19.5. The van der Waals surface area contributed by atoms with Gasteiger partial charge in [0.15, 0.2) is 16.6 Å². The molecule has 1 aliphatic rings. The molecule has 0 saturated carbocycles. The van der Waals surface area contributed by atoms with Gasteiger partial charge in [0.25, 0.3) is 5.91 Å². The summed E-state index contributed by atoms with van der Waals surface area (Å²) in [5, 5.41) is 1.03. The van der Waals surface area contributed by atoms with Crippen LogP contribution in [0.15, 0.2) is 30.3 Å². The summed E-state index contributed by atoms with van der Waals surface area (Å²) in [5.41, 5.74) is 4.08. The van der Waals surface area contributed by atoms with Crippen molar-refractivity contribution in [3.05, 3.63) is 47.0 Å². The molecule has 6 nitrogen and oxygen atoms in total. The molecule has 3 aromatic rings. The van der Waals surface area contributed by atoms with E-state index in [1.54, 1.807) is 37.7 Å². The van der Waals surface area contributed by atoms with E-state index < -0.39 is 0 Å². The average molecular weight is 412 g/mol. The summed E-state index contributed by atoms with van der Waals surface area (Å²) >= 11 is 1.72. The molecule has 0 radical (unpaired) electrons. The highest BCUT2D eigenvalue weighted by atomic mass is 32.1. The van der Waals surface area contributed by atoms with E-state index in [2.05, 4.69) is 30.9 Å². The number of fused-ring (bicyclic) bond motifs is 1. The lowest BCUT2D eigenvalue weighted by Gasteiger charge is -2.34. The van der Waals surface area contributed by atoms with Gasteiger partial charge in [0.2, 0.25) is 0 Å². The van der Waals surface area contributed by atoms with E-state index in [1.165, 1.54) is 15.8 Å². The highest BCUT2D eigenvalue weighted by Gasteiger charge is 2.27. The molecule has 0 unspecified atom stereocenters. The van der Waals surface area contributed by atoms with Gasteiger partial charge in [-0.25, -0.2) is 4.98 Å². The topological polar surface area (TPSA) is 54.9 Å². The second kappa shape index (κ2) is 7.91. The fourth-order valence-corrected chi connectivity index (χ4v) is 5.01. The van der Waals surface area contributed by atoms with Gasteiger partial charge >= 0.3 is 0 Å². The van der Waals surface area contributed by atoms with Crippen molar-refractivity contribution in [2.24, 2.45) is 0 Å². The van der Waals surface area contributed by atoms with Gasteiger partial charge in [-0.05, 0) is 43.2 Å². The van der Waals surface area contributed by atoms with Crippen LogP contribution in [0.1, 0.15) is 21.5 Å². The van der Waals surface area contributed by atoms with E-state index in [1.807, 2.05) is 11.0 Å². The molecule has 29 heavy (non-hydrogen) atoms. The second-order valence-corrected chi connectivity index (χ2v) is 8.25.